The predicted octanol–water partition coefficient (Wildman–Crippen LogP) is 2.69. The second-order valence-corrected chi connectivity index (χ2v) is 5.71. The molecule has 1 amide bonds. The summed E-state index contributed by atoms with van der Waals surface area (Å²) in [5.74, 6) is 1.77. The number of aryl methyl sites for hydroxylation is 1. The van der Waals surface area contributed by atoms with E-state index in [9.17, 15) is 4.79 Å². The van der Waals surface area contributed by atoms with Crippen molar-refractivity contribution < 1.29 is 9.53 Å². The zero-order valence-corrected chi connectivity index (χ0v) is 14.1. The van der Waals surface area contributed by atoms with Gasteiger partial charge in [-0.15, -0.1) is 12.4 Å². The molecular weight excluding hydrogens is 300 g/mol. The van der Waals surface area contributed by atoms with Gasteiger partial charge < -0.3 is 15.4 Å². The lowest BCUT2D eigenvalue weighted by Gasteiger charge is -2.10. The van der Waals surface area contributed by atoms with Crippen molar-refractivity contribution in [2.24, 2.45) is 5.92 Å². The zero-order valence-electron chi connectivity index (χ0n) is 13.3. The highest BCUT2D eigenvalue weighted by molar-refractivity contribution is 5.85. The van der Waals surface area contributed by atoms with Gasteiger partial charge in [0.15, 0.2) is 0 Å². The van der Waals surface area contributed by atoms with Gasteiger partial charge in [0, 0.05) is 13.0 Å². The van der Waals surface area contributed by atoms with E-state index in [1.54, 1.807) is 0 Å². The summed E-state index contributed by atoms with van der Waals surface area (Å²) in [5.41, 5.74) is 1.13. The van der Waals surface area contributed by atoms with E-state index >= 15 is 0 Å². The Morgan fingerprint density at radius 2 is 2.23 bits per heavy atom. The summed E-state index contributed by atoms with van der Waals surface area (Å²) >= 11 is 0. The summed E-state index contributed by atoms with van der Waals surface area (Å²) in [7, 11) is 0. The average Bonchev–Trinajstić information content (AvgIpc) is 2.98. The molecule has 0 aromatic heterocycles. The quantitative estimate of drug-likeness (QED) is 0.722. The van der Waals surface area contributed by atoms with Crippen LogP contribution in [0.5, 0.6) is 5.75 Å². The Hall–Kier alpha value is -1.26. The number of nitrogens with one attached hydrogen (secondary N) is 2. The fourth-order valence-corrected chi connectivity index (χ4v) is 2.60. The van der Waals surface area contributed by atoms with Gasteiger partial charge in [-0.1, -0.05) is 18.2 Å². The van der Waals surface area contributed by atoms with Crippen LogP contribution in [0.4, 0.5) is 0 Å². The Morgan fingerprint density at radius 3 is 2.95 bits per heavy atom. The first-order chi connectivity index (χ1) is 10.3. The average molecular weight is 327 g/mol. The van der Waals surface area contributed by atoms with E-state index in [2.05, 4.69) is 10.6 Å². The second kappa shape index (κ2) is 10.5. The highest BCUT2D eigenvalue weighted by Gasteiger charge is 2.13. The lowest BCUT2D eigenvalue weighted by molar-refractivity contribution is -0.121. The fourth-order valence-electron chi connectivity index (χ4n) is 2.60. The molecule has 124 valence electrons. The highest BCUT2D eigenvalue weighted by Crippen LogP contribution is 2.16. The SMILES string of the molecule is Cc1ccccc1OCCCC(=O)NCCC1CCNC1.Cl. The molecule has 0 spiro atoms. The minimum Gasteiger partial charge on any atom is -0.493 e. The van der Waals surface area contributed by atoms with Crippen molar-refractivity contribution in [3.63, 3.8) is 0 Å². The minimum atomic E-state index is 0. The van der Waals surface area contributed by atoms with Crippen molar-refractivity contribution in [1.29, 1.82) is 0 Å². The van der Waals surface area contributed by atoms with Crippen LogP contribution in [0.1, 0.15) is 31.2 Å². The Morgan fingerprint density at radius 1 is 1.41 bits per heavy atom. The molecule has 5 heteroatoms. The molecule has 1 heterocycles. The number of rotatable bonds is 8. The maximum Gasteiger partial charge on any atom is 0.220 e. The zero-order chi connectivity index (χ0) is 14.9. The molecule has 1 fully saturated rings. The smallest absolute Gasteiger partial charge is 0.220 e. The lowest BCUT2D eigenvalue weighted by atomic mass is 10.1. The minimum absolute atomic E-state index is 0. The normalized spacial score (nSPS) is 16.9. The molecule has 0 saturated carbocycles. The monoisotopic (exact) mass is 326 g/mol. The molecule has 1 saturated heterocycles. The molecule has 2 rings (SSSR count). The fraction of sp³-hybridized carbons (Fsp3) is 0.588. The highest BCUT2D eigenvalue weighted by atomic mass is 35.5. The van der Waals surface area contributed by atoms with Crippen molar-refractivity contribution in [2.75, 3.05) is 26.2 Å². The van der Waals surface area contributed by atoms with Gasteiger partial charge in [0.25, 0.3) is 0 Å². The number of benzene rings is 1. The molecule has 1 aliphatic rings. The van der Waals surface area contributed by atoms with Gasteiger partial charge in [-0.05, 0) is 56.8 Å². The maximum atomic E-state index is 11.7. The molecule has 1 aliphatic heterocycles. The number of halogens is 1. The molecule has 22 heavy (non-hydrogen) atoms. The lowest BCUT2D eigenvalue weighted by Crippen LogP contribution is -2.26. The van der Waals surface area contributed by atoms with Gasteiger partial charge in [-0.25, -0.2) is 0 Å². The molecule has 2 N–H and O–H groups in total. The Balaban J connectivity index is 0.00000242. The third kappa shape index (κ3) is 6.67. The van der Waals surface area contributed by atoms with Crippen LogP contribution in [-0.2, 0) is 4.79 Å². The summed E-state index contributed by atoms with van der Waals surface area (Å²) in [4.78, 5) is 11.7. The van der Waals surface area contributed by atoms with Crippen LogP contribution in [0.2, 0.25) is 0 Å². The van der Waals surface area contributed by atoms with Crippen LogP contribution < -0.4 is 15.4 Å². The van der Waals surface area contributed by atoms with Gasteiger partial charge >= 0.3 is 0 Å². The second-order valence-electron chi connectivity index (χ2n) is 5.71. The Bertz CT molecular complexity index is 448. The molecule has 4 nitrogen and oxygen atoms in total. The van der Waals surface area contributed by atoms with Gasteiger partial charge in [0.05, 0.1) is 6.61 Å². The first kappa shape index (κ1) is 18.8. The standard InChI is InChI=1S/C17H26N2O2.ClH/c1-14-5-2-3-6-16(14)21-12-4-7-17(20)19-11-9-15-8-10-18-13-15;/h2-3,5-6,15,18H,4,7-13H2,1H3,(H,19,20);1H. The molecule has 1 unspecified atom stereocenters. The van der Waals surface area contributed by atoms with E-state index in [1.165, 1.54) is 6.42 Å². The van der Waals surface area contributed by atoms with Crippen LogP contribution >= 0.6 is 12.4 Å². The third-order valence-corrected chi connectivity index (χ3v) is 3.94. The van der Waals surface area contributed by atoms with E-state index in [4.69, 9.17) is 4.74 Å². The number of ether oxygens (including phenoxy) is 1. The van der Waals surface area contributed by atoms with Crippen molar-refractivity contribution in [2.45, 2.75) is 32.6 Å². The number of para-hydroxylation sites is 1. The van der Waals surface area contributed by atoms with Gasteiger partial charge in [0.1, 0.15) is 5.75 Å². The van der Waals surface area contributed by atoms with Crippen LogP contribution in [0, 0.1) is 12.8 Å². The number of amides is 1. The van der Waals surface area contributed by atoms with Crippen LogP contribution in [0.25, 0.3) is 0 Å². The Labute approximate surface area is 139 Å². The predicted molar refractivity (Wildman–Crippen MR) is 91.8 cm³/mol. The van der Waals surface area contributed by atoms with Crippen LogP contribution in [0.3, 0.4) is 0 Å². The number of hydrogen-bond acceptors (Lipinski definition) is 3. The molecule has 0 radical (unpaired) electrons. The van der Waals surface area contributed by atoms with Gasteiger partial charge in [0.2, 0.25) is 5.91 Å². The van der Waals surface area contributed by atoms with Crippen molar-refractivity contribution in [3.8, 4) is 5.75 Å². The van der Waals surface area contributed by atoms with Crippen molar-refractivity contribution in [3.05, 3.63) is 29.8 Å². The molecular formula is C17H27ClN2O2. The first-order valence-electron chi connectivity index (χ1n) is 7.91. The van der Waals surface area contributed by atoms with Crippen LogP contribution in [0.15, 0.2) is 24.3 Å². The van der Waals surface area contributed by atoms with E-state index < -0.39 is 0 Å². The topological polar surface area (TPSA) is 50.4 Å². The van der Waals surface area contributed by atoms with Gasteiger partial charge in [-0.3, -0.25) is 4.79 Å². The molecule has 1 aromatic rings. The van der Waals surface area contributed by atoms with E-state index in [0.29, 0.717) is 13.0 Å². The summed E-state index contributed by atoms with van der Waals surface area (Å²) in [5, 5.41) is 6.34. The molecule has 0 bridgehead atoms. The van der Waals surface area contributed by atoms with E-state index in [-0.39, 0.29) is 18.3 Å². The first-order valence-corrected chi connectivity index (χ1v) is 7.91. The Kier molecular flexibility index (Phi) is 8.94. The summed E-state index contributed by atoms with van der Waals surface area (Å²) in [6.07, 6.45) is 3.61. The summed E-state index contributed by atoms with van der Waals surface area (Å²) < 4.78 is 5.68. The van der Waals surface area contributed by atoms with Crippen LogP contribution in [-0.4, -0.2) is 32.1 Å². The molecule has 1 atom stereocenters. The van der Waals surface area contributed by atoms with Gasteiger partial charge in [-0.2, -0.15) is 0 Å². The largest absolute Gasteiger partial charge is 0.493 e. The number of hydrogen-bond donors (Lipinski definition) is 2. The summed E-state index contributed by atoms with van der Waals surface area (Å²) in [6, 6.07) is 7.95. The van der Waals surface area contributed by atoms with Crippen molar-refractivity contribution in [1.82, 2.24) is 10.6 Å². The summed E-state index contributed by atoms with van der Waals surface area (Å²) in [6.45, 7) is 5.63. The van der Waals surface area contributed by atoms with Crippen molar-refractivity contribution >= 4 is 18.3 Å². The van der Waals surface area contributed by atoms with E-state index in [1.807, 2.05) is 31.2 Å². The molecule has 0 aliphatic carbocycles. The number of carbonyl (C=O) groups excluding carboxylic acids is 1. The maximum absolute atomic E-state index is 11.7. The third-order valence-electron chi connectivity index (χ3n) is 3.94. The van der Waals surface area contributed by atoms with E-state index in [0.717, 1.165) is 49.7 Å². The molecule has 1 aromatic carbocycles. The number of carbonyl (C=O) groups is 1.